The molecule has 0 spiro atoms. The van der Waals surface area contributed by atoms with Gasteiger partial charge in [0.2, 0.25) is 5.88 Å². The van der Waals surface area contributed by atoms with Gasteiger partial charge >= 0.3 is 0 Å². The van der Waals surface area contributed by atoms with Gasteiger partial charge in [0.15, 0.2) is 0 Å². The SMILES string of the molecule is Cc1ccc2c(n1)Oc1ccccc1C2C(C)C. The Bertz CT molecular complexity index is 589. The van der Waals surface area contributed by atoms with Gasteiger partial charge in [-0.2, -0.15) is 0 Å². The first kappa shape index (κ1) is 11.3. The van der Waals surface area contributed by atoms with Crippen LogP contribution in [0.15, 0.2) is 36.4 Å². The highest BCUT2D eigenvalue weighted by atomic mass is 16.5. The molecular formula is C16H17NO. The molecule has 2 heterocycles. The lowest BCUT2D eigenvalue weighted by atomic mass is 9.81. The molecule has 1 aliphatic heterocycles. The zero-order valence-corrected chi connectivity index (χ0v) is 11.0. The van der Waals surface area contributed by atoms with Gasteiger partial charge in [0, 0.05) is 22.7 Å². The van der Waals surface area contributed by atoms with Gasteiger partial charge in [0.25, 0.3) is 0 Å². The summed E-state index contributed by atoms with van der Waals surface area (Å²) in [5, 5.41) is 0. The molecule has 2 nitrogen and oxygen atoms in total. The topological polar surface area (TPSA) is 22.1 Å². The predicted molar refractivity (Wildman–Crippen MR) is 72.2 cm³/mol. The van der Waals surface area contributed by atoms with Gasteiger partial charge in [-0.3, -0.25) is 0 Å². The number of para-hydroxylation sites is 1. The van der Waals surface area contributed by atoms with E-state index in [1.54, 1.807) is 0 Å². The maximum absolute atomic E-state index is 5.93. The van der Waals surface area contributed by atoms with E-state index < -0.39 is 0 Å². The van der Waals surface area contributed by atoms with Gasteiger partial charge in [-0.05, 0) is 25.0 Å². The number of rotatable bonds is 1. The highest BCUT2D eigenvalue weighted by Gasteiger charge is 2.29. The van der Waals surface area contributed by atoms with Crippen LogP contribution in [-0.2, 0) is 0 Å². The van der Waals surface area contributed by atoms with E-state index in [0.717, 1.165) is 17.3 Å². The lowest BCUT2D eigenvalue weighted by Gasteiger charge is -2.30. The highest BCUT2D eigenvalue weighted by molar-refractivity contribution is 5.51. The normalized spacial score (nSPS) is 17.0. The molecule has 1 aromatic heterocycles. The van der Waals surface area contributed by atoms with Crippen LogP contribution in [-0.4, -0.2) is 4.98 Å². The quantitative estimate of drug-likeness (QED) is 0.740. The molecule has 3 rings (SSSR count). The van der Waals surface area contributed by atoms with Crippen LogP contribution in [0.2, 0.25) is 0 Å². The summed E-state index contributed by atoms with van der Waals surface area (Å²) in [7, 11) is 0. The number of aryl methyl sites for hydroxylation is 1. The molecule has 0 bridgehead atoms. The van der Waals surface area contributed by atoms with Crippen molar-refractivity contribution in [1.82, 2.24) is 4.98 Å². The summed E-state index contributed by atoms with van der Waals surface area (Å²) in [4.78, 5) is 4.52. The fourth-order valence-corrected chi connectivity index (χ4v) is 2.68. The molecule has 0 amide bonds. The van der Waals surface area contributed by atoms with Crippen molar-refractivity contribution in [2.24, 2.45) is 5.92 Å². The molecule has 0 aliphatic carbocycles. The second-order valence-electron chi connectivity index (χ2n) is 5.21. The predicted octanol–water partition coefficient (Wildman–Crippen LogP) is 4.28. The second kappa shape index (κ2) is 4.13. The van der Waals surface area contributed by atoms with E-state index in [0.29, 0.717) is 11.8 Å². The fraction of sp³-hybridized carbons (Fsp3) is 0.312. The molecule has 0 radical (unpaired) electrons. The van der Waals surface area contributed by atoms with Crippen molar-refractivity contribution in [2.75, 3.05) is 0 Å². The molecule has 0 N–H and O–H groups in total. The van der Waals surface area contributed by atoms with Crippen LogP contribution in [0.4, 0.5) is 0 Å². The summed E-state index contributed by atoms with van der Waals surface area (Å²) in [6.07, 6.45) is 0. The second-order valence-corrected chi connectivity index (χ2v) is 5.21. The fourth-order valence-electron chi connectivity index (χ4n) is 2.68. The van der Waals surface area contributed by atoms with Crippen LogP contribution in [0.3, 0.4) is 0 Å². The van der Waals surface area contributed by atoms with Crippen LogP contribution in [0.25, 0.3) is 0 Å². The number of ether oxygens (including phenoxy) is 1. The van der Waals surface area contributed by atoms with E-state index >= 15 is 0 Å². The number of pyridine rings is 1. The van der Waals surface area contributed by atoms with Gasteiger partial charge in [-0.1, -0.05) is 38.1 Å². The van der Waals surface area contributed by atoms with Crippen molar-refractivity contribution < 1.29 is 4.74 Å². The van der Waals surface area contributed by atoms with Crippen molar-refractivity contribution in [1.29, 1.82) is 0 Å². The van der Waals surface area contributed by atoms with E-state index in [1.807, 2.05) is 19.1 Å². The van der Waals surface area contributed by atoms with Crippen LogP contribution < -0.4 is 4.74 Å². The van der Waals surface area contributed by atoms with E-state index in [2.05, 4.69) is 43.1 Å². The average Bonchev–Trinajstić information content (AvgIpc) is 2.35. The zero-order valence-electron chi connectivity index (χ0n) is 11.0. The van der Waals surface area contributed by atoms with Gasteiger partial charge in [0.05, 0.1) is 0 Å². The van der Waals surface area contributed by atoms with Crippen molar-refractivity contribution in [3.05, 3.63) is 53.2 Å². The molecule has 1 atom stereocenters. The minimum atomic E-state index is 0.373. The van der Waals surface area contributed by atoms with E-state index in [9.17, 15) is 0 Å². The first-order valence-corrected chi connectivity index (χ1v) is 6.41. The largest absolute Gasteiger partial charge is 0.438 e. The monoisotopic (exact) mass is 239 g/mol. The Labute approximate surface area is 108 Å². The lowest BCUT2D eigenvalue weighted by molar-refractivity contribution is 0.403. The number of nitrogens with zero attached hydrogens (tertiary/aromatic N) is 1. The Morgan fingerprint density at radius 1 is 1.06 bits per heavy atom. The summed E-state index contributed by atoms with van der Waals surface area (Å²) in [6.45, 7) is 6.49. The summed E-state index contributed by atoms with van der Waals surface area (Å²) in [5.41, 5.74) is 3.47. The van der Waals surface area contributed by atoms with Crippen LogP contribution in [0.1, 0.15) is 36.6 Å². The van der Waals surface area contributed by atoms with E-state index in [4.69, 9.17) is 4.74 Å². The Hall–Kier alpha value is -1.83. The zero-order chi connectivity index (χ0) is 12.7. The molecule has 0 fully saturated rings. The summed E-state index contributed by atoms with van der Waals surface area (Å²) < 4.78 is 5.93. The maximum Gasteiger partial charge on any atom is 0.223 e. The van der Waals surface area contributed by atoms with Gasteiger partial charge in [0.1, 0.15) is 5.75 Å². The number of hydrogen-bond acceptors (Lipinski definition) is 2. The van der Waals surface area contributed by atoms with Crippen LogP contribution >= 0.6 is 0 Å². The Kier molecular flexibility index (Phi) is 2.58. The van der Waals surface area contributed by atoms with Gasteiger partial charge in [-0.25, -0.2) is 4.98 Å². The molecule has 1 aromatic carbocycles. The Balaban J connectivity index is 2.20. The first-order chi connectivity index (χ1) is 8.66. The van der Waals surface area contributed by atoms with Gasteiger partial charge < -0.3 is 4.74 Å². The van der Waals surface area contributed by atoms with Crippen molar-refractivity contribution >= 4 is 0 Å². The van der Waals surface area contributed by atoms with E-state index in [1.165, 1.54) is 11.1 Å². The molecule has 0 saturated carbocycles. The maximum atomic E-state index is 5.93. The lowest BCUT2D eigenvalue weighted by Crippen LogP contribution is -2.16. The summed E-state index contributed by atoms with van der Waals surface area (Å²) in [5.74, 6) is 2.62. The summed E-state index contributed by atoms with van der Waals surface area (Å²) in [6, 6.07) is 12.5. The van der Waals surface area contributed by atoms with Crippen molar-refractivity contribution in [3.63, 3.8) is 0 Å². The number of hydrogen-bond donors (Lipinski definition) is 0. The highest BCUT2D eigenvalue weighted by Crippen LogP contribution is 2.46. The minimum absolute atomic E-state index is 0.373. The minimum Gasteiger partial charge on any atom is -0.438 e. The first-order valence-electron chi connectivity index (χ1n) is 6.41. The third kappa shape index (κ3) is 1.69. The number of aromatic nitrogens is 1. The third-order valence-corrected chi connectivity index (χ3v) is 3.49. The number of benzene rings is 1. The molecular weight excluding hydrogens is 222 g/mol. The Morgan fingerprint density at radius 3 is 2.61 bits per heavy atom. The standard InChI is InChI=1S/C16H17NO/c1-10(2)15-12-6-4-5-7-14(12)18-16-13(15)9-8-11(3)17-16/h4-10,15H,1-3H3. The van der Waals surface area contributed by atoms with Crippen LogP contribution in [0.5, 0.6) is 11.6 Å². The van der Waals surface area contributed by atoms with Crippen LogP contribution in [0, 0.1) is 12.8 Å². The molecule has 1 aliphatic rings. The number of fused-ring (bicyclic) bond motifs is 2. The van der Waals surface area contributed by atoms with Crippen molar-refractivity contribution in [3.8, 4) is 11.6 Å². The molecule has 92 valence electrons. The van der Waals surface area contributed by atoms with E-state index in [-0.39, 0.29) is 0 Å². The average molecular weight is 239 g/mol. The Morgan fingerprint density at radius 2 is 1.83 bits per heavy atom. The smallest absolute Gasteiger partial charge is 0.223 e. The molecule has 2 heteroatoms. The molecule has 2 aromatic rings. The third-order valence-electron chi connectivity index (χ3n) is 3.49. The molecule has 0 saturated heterocycles. The van der Waals surface area contributed by atoms with Crippen molar-refractivity contribution in [2.45, 2.75) is 26.7 Å². The summed E-state index contributed by atoms with van der Waals surface area (Å²) >= 11 is 0. The molecule has 1 unspecified atom stereocenters. The van der Waals surface area contributed by atoms with Gasteiger partial charge in [-0.15, -0.1) is 0 Å². The molecule has 18 heavy (non-hydrogen) atoms.